The summed E-state index contributed by atoms with van der Waals surface area (Å²) in [5.41, 5.74) is 6.05. The van der Waals surface area contributed by atoms with Crippen LogP contribution in [-0.4, -0.2) is 53.0 Å². The Hall–Kier alpha value is -1.63. The lowest BCUT2D eigenvalue weighted by atomic mass is 9.91. The minimum absolute atomic E-state index is 0.0408. The van der Waals surface area contributed by atoms with Gasteiger partial charge in [-0.1, -0.05) is 0 Å². The Labute approximate surface area is 131 Å². The maximum Gasteiger partial charge on any atom is 0.308 e. The molecule has 0 aliphatic heterocycles. The quantitative estimate of drug-likeness (QED) is 0.641. The number of nitrogens with one attached hydrogen (secondary N) is 1. The van der Waals surface area contributed by atoms with Crippen molar-refractivity contribution in [2.45, 2.75) is 46.2 Å². The summed E-state index contributed by atoms with van der Waals surface area (Å²) in [4.78, 5) is 37.0. The third-order valence-electron chi connectivity index (χ3n) is 4.45. The monoisotopic (exact) mass is 313 g/mol. The van der Waals surface area contributed by atoms with Crippen LogP contribution >= 0.6 is 0 Å². The van der Waals surface area contributed by atoms with Gasteiger partial charge < -0.3 is 21.1 Å². The van der Waals surface area contributed by atoms with E-state index >= 15 is 0 Å². The van der Waals surface area contributed by atoms with Gasteiger partial charge >= 0.3 is 5.97 Å². The molecule has 7 nitrogen and oxygen atoms in total. The molecule has 1 rings (SSSR count). The van der Waals surface area contributed by atoms with Crippen molar-refractivity contribution < 1.29 is 19.5 Å². The molecule has 4 atom stereocenters. The summed E-state index contributed by atoms with van der Waals surface area (Å²) in [5.74, 6) is -2.85. The number of rotatable bonds is 6. The number of carboxylic acid groups (broad SMARTS) is 1. The maximum atomic E-state index is 12.8. The molecule has 0 aromatic rings. The molecule has 1 aliphatic rings. The fraction of sp³-hybridized carbons (Fsp3) is 0.800. The van der Waals surface area contributed by atoms with Crippen molar-refractivity contribution in [2.24, 2.45) is 23.5 Å². The molecule has 0 spiro atoms. The molecule has 126 valence electrons. The van der Waals surface area contributed by atoms with Crippen molar-refractivity contribution >= 4 is 17.8 Å². The minimum Gasteiger partial charge on any atom is -0.481 e. The van der Waals surface area contributed by atoms with Crippen LogP contribution in [0.15, 0.2) is 0 Å². The third kappa shape index (κ3) is 3.97. The lowest BCUT2D eigenvalue weighted by Crippen LogP contribution is -2.47. The first-order chi connectivity index (χ1) is 10.2. The Morgan fingerprint density at radius 3 is 2.32 bits per heavy atom. The maximum absolute atomic E-state index is 12.8. The van der Waals surface area contributed by atoms with Gasteiger partial charge in [0.05, 0.1) is 5.92 Å². The molecule has 0 bridgehead atoms. The van der Waals surface area contributed by atoms with Gasteiger partial charge in [-0.15, -0.1) is 0 Å². The number of nitrogens with two attached hydrogens (primary N) is 1. The normalized spacial score (nSPS) is 27.7. The van der Waals surface area contributed by atoms with Crippen molar-refractivity contribution in [3.05, 3.63) is 0 Å². The zero-order valence-electron chi connectivity index (χ0n) is 13.7. The number of hydrogen-bond acceptors (Lipinski definition) is 4. The molecular formula is C15H27N3O4. The van der Waals surface area contributed by atoms with Crippen LogP contribution in [0.1, 0.15) is 34.1 Å². The number of aliphatic carboxylic acids is 1. The molecule has 0 aromatic carbocycles. The highest BCUT2D eigenvalue weighted by molar-refractivity contribution is 5.82. The lowest BCUT2D eigenvalue weighted by Gasteiger charge is -2.31. The molecular weight excluding hydrogens is 286 g/mol. The summed E-state index contributed by atoms with van der Waals surface area (Å²) in [5, 5.41) is 12.0. The topological polar surface area (TPSA) is 113 Å². The summed E-state index contributed by atoms with van der Waals surface area (Å²) in [6.45, 7) is 7.92. The van der Waals surface area contributed by atoms with Crippen LogP contribution in [0.25, 0.3) is 0 Å². The first-order valence-corrected chi connectivity index (χ1v) is 7.73. The van der Waals surface area contributed by atoms with E-state index < -0.39 is 23.8 Å². The van der Waals surface area contributed by atoms with E-state index in [1.165, 1.54) is 6.92 Å². The Balaban J connectivity index is 2.98. The summed E-state index contributed by atoms with van der Waals surface area (Å²) in [6.07, 6.45) is 0.225. The molecule has 0 radical (unpaired) electrons. The van der Waals surface area contributed by atoms with Gasteiger partial charge in [-0.3, -0.25) is 14.4 Å². The van der Waals surface area contributed by atoms with Gasteiger partial charge in [0, 0.05) is 43.9 Å². The predicted octanol–water partition coefficient (Wildman–Crippen LogP) is 0.0436. The first kappa shape index (κ1) is 18.4. The van der Waals surface area contributed by atoms with Gasteiger partial charge in [-0.2, -0.15) is 0 Å². The molecule has 0 heterocycles. The molecule has 1 aliphatic carbocycles. The average Bonchev–Trinajstić information content (AvgIpc) is 2.73. The van der Waals surface area contributed by atoms with Crippen molar-refractivity contribution in [1.29, 1.82) is 0 Å². The Bertz CT molecular complexity index is 439. The SMILES string of the molecule is CCN(C(=O)C1CC(C(=O)O)C(N)C1CNC(C)=O)C(C)C. The highest BCUT2D eigenvalue weighted by atomic mass is 16.4. The van der Waals surface area contributed by atoms with Crippen LogP contribution in [0.3, 0.4) is 0 Å². The Morgan fingerprint density at radius 2 is 1.91 bits per heavy atom. The first-order valence-electron chi connectivity index (χ1n) is 7.73. The third-order valence-corrected chi connectivity index (χ3v) is 4.45. The molecule has 0 saturated heterocycles. The molecule has 2 amide bonds. The molecule has 4 unspecified atom stereocenters. The number of carboxylic acids is 1. The highest BCUT2D eigenvalue weighted by Gasteiger charge is 2.48. The second-order valence-corrected chi connectivity index (χ2v) is 6.18. The highest BCUT2D eigenvalue weighted by Crippen LogP contribution is 2.37. The van der Waals surface area contributed by atoms with E-state index in [0.29, 0.717) is 6.54 Å². The van der Waals surface area contributed by atoms with Gasteiger partial charge in [0.25, 0.3) is 0 Å². The molecule has 0 aromatic heterocycles. The molecule has 4 N–H and O–H groups in total. The van der Waals surface area contributed by atoms with E-state index in [4.69, 9.17) is 5.73 Å². The Morgan fingerprint density at radius 1 is 1.32 bits per heavy atom. The van der Waals surface area contributed by atoms with Gasteiger partial charge in [0.2, 0.25) is 11.8 Å². The van der Waals surface area contributed by atoms with Crippen molar-refractivity contribution in [3.8, 4) is 0 Å². The van der Waals surface area contributed by atoms with Crippen LogP contribution in [0, 0.1) is 17.8 Å². The number of amides is 2. The summed E-state index contributed by atoms with van der Waals surface area (Å²) in [7, 11) is 0. The molecule has 1 fully saturated rings. The average molecular weight is 313 g/mol. The van der Waals surface area contributed by atoms with Crippen molar-refractivity contribution in [1.82, 2.24) is 10.2 Å². The largest absolute Gasteiger partial charge is 0.481 e. The number of carbonyl (C=O) groups is 3. The minimum atomic E-state index is -0.983. The fourth-order valence-corrected chi connectivity index (χ4v) is 3.25. The van der Waals surface area contributed by atoms with Crippen molar-refractivity contribution in [3.63, 3.8) is 0 Å². The summed E-state index contributed by atoms with van der Waals surface area (Å²) in [6, 6.07) is -0.594. The standard InChI is InChI=1S/C15H27N3O4/c1-5-18(8(2)3)14(20)10-6-11(15(21)22)13(16)12(10)7-17-9(4)19/h8,10-13H,5-7,16H2,1-4H3,(H,17,19)(H,21,22). The summed E-state index contributed by atoms with van der Waals surface area (Å²) < 4.78 is 0. The molecule has 7 heteroatoms. The second-order valence-electron chi connectivity index (χ2n) is 6.18. The van der Waals surface area contributed by atoms with Crippen LogP contribution in [-0.2, 0) is 14.4 Å². The van der Waals surface area contributed by atoms with E-state index in [0.717, 1.165) is 0 Å². The fourth-order valence-electron chi connectivity index (χ4n) is 3.25. The van der Waals surface area contributed by atoms with E-state index in [-0.39, 0.29) is 36.7 Å². The predicted molar refractivity (Wildman–Crippen MR) is 81.9 cm³/mol. The van der Waals surface area contributed by atoms with E-state index in [1.54, 1.807) is 4.90 Å². The van der Waals surface area contributed by atoms with Crippen LogP contribution in [0.4, 0.5) is 0 Å². The summed E-state index contributed by atoms with van der Waals surface area (Å²) >= 11 is 0. The van der Waals surface area contributed by atoms with Crippen LogP contribution < -0.4 is 11.1 Å². The van der Waals surface area contributed by atoms with E-state index in [2.05, 4.69) is 5.32 Å². The van der Waals surface area contributed by atoms with Gasteiger partial charge in [0.1, 0.15) is 0 Å². The molecule has 1 saturated carbocycles. The van der Waals surface area contributed by atoms with Crippen molar-refractivity contribution in [2.75, 3.05) is 13.1 Å². The molecule has 22 heavy (non-hydrogen) atoms. The zero-order valence-corrected chi connectivity index (χ0v) is 13.7. The van der Waals surface area contributed by atoms with Gasteiger partial charge in [0.15, 0.2) is 0 Å². The Kier molecular flexibility index (Phi) is 6.34. The van der Waals surface area contributed by atoms with Gasteiger partial charge in [-0.25, -0.2) is 0 Å². The second kappa shape index (κ2) is 7.58. The van der Waals surface area contributed by atoms with Crippen LogP contribution in [0.5, 0.6) is 0 Å². The lowest BCUT2D eigenvalue weighted by molar-refractivity contribution is -0.142. The number of nitrogens with zero attached hydrogens (tertiary/aromatic N) is 1. The van der Waals surface area contributed by atoms with Gasteiger partial charge in [-0.05, 0) is 27.2 Å². The smallest absolute Gasteiger partial charge is 0.308 e. The zero-order chi connectivity index (χ0) is 17.0. The van der Waals surface area contributed by atoms with Crippen LogP contribution in [0.2, 0.25) is 0 Å². The number of hydrogen-bond donors (Lipinski definition) is 3. The van der Waals surface area contributed by atoms with E-state index in [1.807, 2.05) is 20.8 Å². The van der Waals surface area contributed by atoms with E-state index in [9.17, 15) is 19.5 Å². The number of carbonyl (C=O) groups excluding carboxylic acids is 2.